The summed E-state index contributed by atoms with van der Waals surface area (Å²) in [5.74, 6) is 0. The molecule has 2 nitrogen and oxygen atoms in total. The molecule has 0 unspecified atom stereocenters. The van der Waals surface area contributed by atoms with Gasteiger partial charge in [-0.15, -0.1) is 44.3 Å². The summed E-state index contributed by atoms with van der Waals surface area (Å²) in [7, 11) is -3.16. The summed E-state index contributed by atoms with van der Waals surface area (Å²) in [6, 6.07) is 20.4. The number of benzene rings is 2. The van der Waals surface area contributed by atoms with Crippen molar-refractivity contribution in [2.75, 3.05) is 0 Å². The molecule has 1 heterocycles. The fraction of sp³-hybridized carbons (Fsp3) is 0.143. The van der Waals surface area contributed by atoms with E-state index >= 15 is 0 Å². The van der Waals surface area contributed by atoms with E-state index < -0.39 is 22.4 Å². The van der Waals surface area contributed by atoms with Crippen molar-refractivity contribution in [1.82, 2.24) is 0 Å². The van der Waals surface area contributed by atoms with E-state index in [0.29, 0.717) is 12.1 Å². The Bertz CT molecular complexity index is 611. The highest BCUT2D eigenvalue weighted by Crippen LogP contribution is 2.40. The smallest absolute Gasteiger partial charge is 0.389 e. The maximum atomic E-state index is 6.53. The van der Waals surface area contributed by atoms with Crippen LogP contribution in [0.5, 0.6) is 0 Å². The van der Waals surface area contributed by atoms with Crippen LogP contribution in [0.25, 0.3) is 0 Å². The molecule has 2 aromatic carbocycles. The van der Waals surface area contributed by atoms with Gasteiger partial charge in [-0.2, -0.15) is 0 Å². The molecule has 122 valence electrons. The van der Waals surface area contributed by atoms with Gasteiger partial charge in [-0.05, 0) is 22.5 Å². The highest BCUT2D eigenvalue weighted by Gasteiger charge is 2.57. The molecule has 9 heteroatoms. The van der Waals surface area contributed by atoms with E-state index in [1.165, 1.54) is 0 Å². The Labute approximate surface area is 157 Å². The second kappa shape index (κ2) is 6.82. The molecule has 0 N–H and O–H groups in total. The van der Waals surface area contributed by atoms with Crippen molar-refractivity contribution >= 4 is 77.1 Å². The molecule has 1 fully saturated rings. The first kappa shape index (κ1) is 18.0. The first-order chi connectivity index (χ1) is 10.8. The number of halogens is 4. The van der Waals surface area contributed by atoms with Crippen LogP contribution in [0.2, 0.25) is 12.1 Å². The first-order valence-corrected chi connectivity index (χ1v) is 17.2. The maximum absolute atomic E-state index is 6.53. The quantitative estimate of drug-likeness (QED) is 0.517. The monoisotopic (exact) mass is 438 g/mol. The molecule has 0 radical (unpaired) electrons. The molecule has 3 rings (SSSR count). The van der Waals surface area contributed by atoms with Crippen LogP contribution in [0.1, 0.15) is 0 Å². The molecule has 0 spiro atoms. The Kier molecular flexibility index (Phi) is 5.33. The molecule has 23 heavy (non-hydrogen) atoms. The van der Waals surface area contributed by atoms with E-state index in [2.05, 4.69) is 0 Å². The van der Waals surface area contributed by atoms with Gasteiger partial charge in [0.15, 0.2) is 0 Å². The Morgan fingerprint density at radius 3 is 1.30 bits per heavy atom. The molecule has 1 saturated heterocycles. The fourth-order valence-electron chi connectivity index (χ4n) is 2.55. The molecule has 1 aliphatic rings. The maximum Gasteiger partial charge on any atom is 0.389 e. The third-order valence-electron chi connectivity index (χ3n) is 3.60. The minimum Gasteiger partial charge on any atom is -0.406 e. The van der Waals surface area contributed by atoms with Crippen LogP contribution in [0.15, 0.2) is 60.7 Å². The van der Waals surface area contributed by atoms with Gasteiger partial charge in [-0.1, -0.05) is 60.7 Å². The minimum absolute atomic E-state index is 0.462. The lowest BCUT2D eigenvalue weighted by Crippen LogP contribution is -2.67. The van der Waals surface area contributed by atoms with Crippen LogP contribution in [0.4, 0.5) is 0 Å². The molecule has 0 aromatic heterocycles. The zero-order chi connectivity index (χ0) is 16.6. The van der Waals surface area contributed by atoms with Gasteiger partial charge in [-0.3, -0.25) is 0 Å². The predicted octanol–water partition coefficient (Wildman–Crippen LogP) is 4.12. The van der Waals surface area contributed by atoms with Gasteiger partial charge in [0.1, 0.15) is 0 Å². The molecule has 0 saturated carbocycles. The summed E-state index contributed by atoms with van der Waals surface area (Å²) in [6.45, 7) is -5.97. The number of hydrogen-bond acceptors (Lipinski definition) is 2. The summed E-state index contributed by atoms with van der Waals surface area (Å²) >= 11 is 26.1. The van der Waals surface area contributed by atoms with Crippen LogP contribution >= 0.6 is 44.3 Å². The highest BCUT2D eigenvalue weighted by atomic mass is 35.7. The van der Waals surface area contributed by atoms with Crippen LogP contribution < -0.4 is 10.4 Å². The van der Waals surface area contributed by atoms with Crippen LogP contribution in [-0.2, 0) is 8.23 Å². The molecule has 0 amide bonds. The van der Waals surface area contributed by atoms with Crippen molar-refractivity contribution in [3.05, 3.63) is 60.7 Å². The normalized spacial score (nSPS) is 22.3. The van der Waals surface area contributed by atoms with Gasteiger partial charge in [0.05, 0.1) is 0 Å². The fourth-order valence-corrected chi connectivity index (χ4v) is 20.4. The Hall–Kier alpha value is 0.171. The highest BCUT2D eigenvalue weighted by molar-refractivity contribution is 7.48. The lowest BCUT2D eigenvalue weighted by molar-refractivity contribution is 0.442. The molecule has 0 bridgehead atoms. The third-order valence-corrected chi connectivity index (χ3v) is 17.7. The summed E-state index contributed by atoms with van der Waals surface area (Å²) in [5, 5.41) is 1.81. The van der Waals surface area contributed by atoms with E-state index in [9.17, 15) is 0 Å². The zero-order valence-electron chi connectivity index (χ0n) is 12.0. The van der Waals surface area contributed by atoms with E-state index in [-0.39, 0.29) is 0 Å². The van der Waals surface area contributed by atoms with Gasteiger partial charge in [-0.25, -0.2) is 0 Å². The first-order valence-electron chi connectivity index (χ1n) is 7.10. The topological polar surface area (TPSA) is 18.5 Å². The van der Waals surface area contributed by atoms with Gasteiger partial charge in [0, 0.05) is 0 Å². The average molecular weight is 440 g/mol. The number of rotatable bonds is 2. The predicted molar refractivity (Wildman–Crippen MR) is 105 cm³/mol. The standard InChI is InChI=1S/C14H14Cl4O2Si3/c15-21(16)11-12-22(17,18)20-23(19-21,13-7-3-1-4-8-13)14-9-5-2-6-10-14/h1-10H,11-12H2. The van der Waals surface area contributed by atoms with Gasteiger partial charge in [0.2, 0.25) is 0 Å². The van der Waals surface area contributed by atoms with Crippen molar-refractivity contribution in [3.63, 3.8) is 0 Å². The van der Waals surface area contributed by atoms with Crippen LogP contribution in [-0.4, -0.2) is 22.4 Å². The third kappa shape index (κ3) is 4.05. The van der Waals surface area contributed by atoms with Crippen molar-refractivity contribution in [2.24, 2.45) is 0 Å². The molecule has 2 aromatic rings. The zero-order valence-corrected chi connectivity index (χ0v) is 18.0. The van der Waals surface area contributed by atoms with Crippen LogP contribution in [0, 0.1) is 0 Å². The molecule has 0 atom stereocenters. The molecule has 0 aliphatic carbocycles. The second-order valence-corrected chi connectivity index (χ2v) is 21.4. The lowest BCUT2D eigenvalue weighted by atomic mass is 10.4. The van der Waals surface area contributed by atoms with Crippen molar-refractivity contribution in [3.8, 4) is 0 Å². The summed E-state index contributed by atoms with van der Waals surface area (Å²) in [5.41, 5.74) is 0. The minimum atomic E-state index is -3.16. The average Bonchev–Trinajstić information content (AvgIpc) is 2.64. The molecular formula is C14H14Cl4O2Si3. The van der Waals surface area contributed by atoms with E-state index in [4.69, 9.17) is 52.5 Å². The van der Waals surface area contributed by atoms with Gasteiger partial charge in [0.25, 0.3) is 0 Å². The summed E-state index contributed by atoms with van der Waals surface area (Å²) < 4.78 is 12.7. The van der Waals surface area contributed by atoms with Crippen molar-refractivity contribution in [1.29, 1.82) is 0 Å². The number of hydrogen-bond donors (Lipinski definition) is 0. The van der Waals surface area contributed by atoms with E-state index in [0.717, 1.165) is 10.4 Å². The van der Waals surface area contributed by atoms with Crippen molar-refractivity contribution in [2.45, 2.75) is 12.1 Å². The van der Waals surface area contributed by atoms with Crippen LogP contribution in [0.3, 0.4) is 0 Å². The van der Waals surface area contributed by atoms with E-state index in [1.807, 2.05) is 60.7 Å². The summed E-state index contributed by atoms with van der Waals surface area (Å²) in [4.78, 5) is 0. The lowest BCUT2D eigenvalue weighted by Gasteiger charge is -2.35. The van der Waals surface area contributed by atoms with Crippen molar-refractivity contribution < 1.29 is 8.23 Å². The Morgan fingerprint density at radius 1 is 0.609 bits per heavy atom. The van der Waals surface area contributed by atoms with Gasteiger partial charge >= 0.3 is 22.4 Å². The Balaban J connectivity index is 2.22. The summed E-state index contributed by atoms with van der Waals surface area (Å²) in [6.07, 6.45) is 0. The Morgan fingerprint density at radius 2 is 0.957 bits per heavy atom. The largest absolute Gasteiger partial charge is 0.406 e. The SMILES string of the molecule is Cl[Si]1(Cl)CC[Si](Cl)(Cl)O[Si](c2ccccc2)(c2ccccc2)O1. The second-order valence-electron chi connectivity index (χ2n) is 5.33. The molecule has 1 aliphatic heterocycles. The van der Waals surface area contributed by atoms with Gasteiger partial charge < -0.3 is 8.23 Å². The van der Waals surface area contributed by atoms with E-state index in [1.54, 1.807) is 0 Å². The molecular weight excluding hydrogens is 426 g/mol.